The molecule has 0 N–H and O–H groups in total. The van der Waals surface area contributed by atoms with E-state index in [2.05, 4.69) is 4.98 Å². The van der Waals surface area contributed by atoms with Gasteiger partial charge in [-0.2, -0.15) is 0 Å². The molecule has 0 aliphatic rings. The number of amides is 1. The predicted molar refractivity (Wildman–Crippen MR) is 92.5 cm³/mol. The molecule has 1 amide bonds. The van der Waals surface area contributed by atoms with E-state index in [0.29, 0.717) is 11.2 Å². The van der Waals surface area contributed by atoms with E-state index in [9.17, 15) is 19.7 Å². The SMILES string of the molecule is CN(C(=O)Cn1cnc2ccc([N+](=O)[O-])cc2c1=O)c1ccccc1. The zero-order valence-corrected chi connectivity index (χ0v) is 13.3. The average molecular weight is 338 g/mol. The highest BCUT2D eigenvalue weighted by atomic mass is 16.6. The lowest BCUT2D eigenvalue weighted by atomic mass is 10.2. The molecule has 0 bridgehead atoms. The van der Waals surface area contributed by atoms with Gasteiger partial charge < -0.3 is 4.90 Å². The molecule has 8 nitrogen and oxygen atoms in total. The number of para-hydroxylation sites is 1. The van der Waals surface area contributed by atoms with E-state index in [1.165, 1.54) is 29.4 Å². The van der Waals surface area contributed by atoms with E-state index in [1.54, 1.807) is 19.2 Å². The predicted octanol–water partition coefficient (Wildman–Crippen LogP) is 1.97. The van der Waals surface area contributed by atoms with E-state index >= 15 is 0 Å². The fourth-order valence-corrected chi connectivity index (χ4v) is 2.42. The van der Waals surface area contributed by atoms with Gasteiger partial charge >= 0.3 is 0 Å². The van der Waals surface area contributed by atoms with Crippen LogP contribution in [-0.2, 0) is 11.3 Å². The number of carbonyl (C=O) groups is 1. The highest BCUT2D eigenvalue weighted by Crippen LogP contribution is 2.16. The van der Waals surface area contributed by atoms with E-state index in [0.717, 1.165) is 4.57 Å². The number of likely N-dealkylation sites (N-methyl/N-ethyl adjacent to an activating group) is 1. The van der Waals surface area contributed by atoms with Crippen LogP contribution < -0.4 is 10.5 Å². The molecule has 0 spiro atoms. The number of nitrogens with zero attached hydrogens (tertiary/aromatic N) is 4. The lowest BCUT2D eigenvalue weighted by molar-refractivity contribution is -0.384. The summed E-state index contributed by atoms with van der Waals surface area (Å²) in [4.78, 5) is 40.8. The molecule has 25 heavy (non-hydrogen) atoms. The number of aromatic nitrogens is 2. The van der Waals surface area contributed by atoms with Crippen LogP contribution in [-0.4, -0.2) is 27.4 Å². The van der Waals surface area contributed by atoms with Crippen LogP contribution in [0.1, 0.15) is 0 Å². The largest absolute Gasteiger partial charge is 0.314 e. The van der Waals surface area contributed by atoms with Gasteiger partial charge in [-0.3, -0.25) is 24.3 Å². The molecule has 0 saturated carbocycles. The Morgan fingerprint density at radius 1 is 1.24 bits per heavy atom. The molecule has 0 aliphatic heterocycles. The summed E-state index contributed by atoms with van der Waals surface area (Å²) in [5.74, 6) is -0.306. The fraction of sp³-hybridized carbons (Fsp3) is 0.118. The number of non-ortho nitro benzene ring substituents is 1. The van der Waals surface area contributed by atoms with Gasteiger partial charge in [-0.1, -0.05) is 18.2 Å². The molecule has 2 aromatic carbocycles. The maximum Gasteiger partial charge on any atom is 0.270 e. The van der Waals surface area contributed by atoms with Gasteiger partial charge in [0, 0.05) is 24.9 Å². The molecule has 0 atom stereocenters. The molecule has 0 aliphatic carbocycles. The average Bonchev–Trinajstić information content (AvgIpc) is 2.63. The second kappa shape index (κ2) is 6.52. The summed E-state index contributed by atoms with van der Waals surface area (Å²) in [6, 6.07) is 12.9. The summed E-state index contributed by atoms with van der Waals surface area (Å²) in [6.45, 7) is -0.212. The van der Waals surface area contributed by atoms with Gasteiger partial charge in [-0.05, 0) is 18.2 Å². The minimum atomic E-state index is -0.579. The van der Waals surface area contributed by atoms with Crippen molar-refractivity contribution in [2.45, 2.75) is 6.54 Å². The smallest absolute Gasteiger partial charge is 0.270 e. The molecule has 126 valence electrons. The summed E-state index contributed by atoms with van der Waals surface area (Å²) in [5, 5.41) is 11.0. The van der Waals surface area contributed by atoms with Gasteiger partial charge in [0.2, 0.25) is 5.91 Å². The highest BCUT2D eigenvalue weighted by molar-refractivity contribution is 5.92. The third-order valence-corrected chi connectivity index (χ3v) is 3.84. The van der Waals surface area contributed by atoms with Gasteiger partial charge in [-0.15, -0.1) is 0 Å². The summed E-state index contributed by atoms with van der Waals surface area (Å²) < 4.78 is 1.15. The van der Waals surface area contributed by atoms with Crippen LogP contribution in [0.25, 0.3) is 10.9 Å². The summed E-state index contributed by atoms with van der Waals surface area (Å²) >= 11 is 0. The summed E-state index contributed by atoms with van der Waals surface area (Å²) in [7, 11) is 1.61. The Morgan fingerprint density at radius 2 is 1.96 bits per heavy atom. The third-order valence-electron chi connectivity index (χ3n) is 3.84. The lowest BCUT2D eigenvalue weighted by Crippen LogP contribution is -2.34. The summed E-state index contributed by atoms with van der Waals surface area (Å²) in [6.07, 6.45) is 1.27. The topological polar surface area (TPSA) is 98.3 Å². The molecular formula is C17H14N4O4. The van der Waals surface area contributed by atoms with Crippen LogP contribution in [0.3, 0.4) is 0 Å². The van der Waals surface area contributed by atoms with Crippen molar-refractivity contribution < 1.29 is 9.72 Å². The second-order valence-corrected chi connectivity index (χ2v) is 5.42. The number of nitro benzene ring substituents is 1. The van der Waals surface area contributed by atoms with Crippen LogP contribution in [0.4, 0.5) is 11.4 Å². The van der Waals surface area contributed by atoms with E-state index < -0.39 is 10.5 Å². The van der Waals surface area contributed by atoms with E-state index in [-0.39, 0.29) is 23.5 Å². The molecule has 0 radical (unpaired) electrons. The van der Waals surface area contributed by atoms with Gasteiger partial charge in [0.15, 0.2) is 0 Å². The maximum atomic E-state index is 12.5. The fourth-order valence-electron chi connectivity index (χ4n) is 2.42. The normalized spacial score (nSPS) is 10.6. The number of anilines is 1. The first kappa shape index (κ1) is 16.3. The quantitative estimate of drug-likeness (QED) is 0.535. The van der Waals surface area contributed by atoms with Crippen molar-refractivity contribution in [3.8, 4) is 0 Å². The standard InChI is InChI=1S/C17H14N4O4/c1-19(12-5-3-2-4-6-12)16(22)10-20-11-18-15-8-7-13(21(24)25)9-14(15)17(20)23/h2-9,11H,10H2,1H3. The molecule has 0 saturated heterocycles. The number of hydrogen-bond acceptors (Lipinski definition) is 5. The van der Waals surface area contributed by atoms with Crippen LogP contribution in [0.15, 0.2) is 59.7 Å². The lowest BCUT2D eigenvalue weighted by Gasteiger charge is -2.17. The Kier molecular flexibility index (Phi) is 4.25. The van der Waals surface area contributed by atoms with Gasteiger partial charge in [0.25, 0.3) is 11.2 Å². The zero-order chi connectivity index (χ0) is 18.0. The minimum Gasteiger partial charge on any atom is -0.314 e. The number of nitro groups is 1. The van der Waals surface area contributed by atoms with Gasteiger partial charge in [-0.25, -0.2) is 4.98 Å². The number of benzene rings is 2. The molecular weight excluding hydrogens is 324 g/mol. The zero-order valence-electron chi connectivity index (χ0n) is 13.3. The molecule has 0 fully saturated rings. The van der Waals surface area contributed by atoms with Crippen molar-refractivity contribution in [2.24, 2.45) is 0 Å². The van der Waals surface area contributed by atoms with Crippen molar-refractivity contribution in [3.63, 3.8) is 0 Å². The van der Waals surface area contributed by atoms with Gasteiger partial charge in [0.1, 0.15) is 6.54 Å². The first-order chi connectivity index (χ1) is 12.0. The first-order valence-electron chi connectivity index (χ1n) is 7.42. The van der Waals surface area contributed by atoms with Crippen molar-refractivity contribution in [1.82, 2.24) is 9.55 Å². The number of hydrogen-bond donors (Lipinski definition) is 0. The Bertz CT molecular complexity index is 1010. The number of fused-ring (bicyclic) bond motifs is 1. The second-order valence-electron chi connectivity index (χ2n) is 5.42. The third kappa shape index (κ3) is 3.23. The first-order valence-corrected chi connectivity index (χ1v) is 7.42. The Hall–Kier alpha value is -3.55. The monoisotopic (exact) mass is 338 g/mol. The van der Waals surface area contributed by atoms with E-state index in [1.807, 2.05) is 18.2 Å². The maximum absolute atomic E-state index is 12.5. The Morgan fingerprint density at radius 3 is 2.64 bits per heavy atom. The van der Waals surface area contributed by atoms with Crippen LogP contribution >= 0.6 is 0 Å². The molecule has 3 rings (SSSR count). The molecule has 1 heterocycles. The van der Waals surface area contributed by atoms with Gasteiger partial charge in [0.05, 0.1) is 22.2 Å². The number of rotatable bonds is 4. The van der Waals surface area contributed by atoms with Crippen molar-refractivity contribution in [2.75, 3.05) is 11.9 Å². The Balaban J connectivity index is 1.93. The van der Waals surface area contributed by atoms with Crippen LogP contribution in [0.2, 0.25) is 0 Å². The minimum absolute atomic E-state index is 0.104. The van der Waals surface area contributed by atoms with Crippen molar-refractivity contribution in [1.29, 1.82) is 0 Å². The number of carbonyl (C=O) groups excluding carboxylic acids is 1. The molecule has 0 unspecified atom stereocenters. The van der Waals surface area contributed by atoms with Crippen molar-refractivity contribution >= 4 is 28.2 Å². The molecule has 8 heteroatoms. The van der Waals surface area contributed by atoms with Crippen LogP contribution in [0, 0.1) is 10.1 Å². The van der Waals surface area contributed by atoms with Crippen molar-refractivity contribution in [3.05, 3.63) is 75.3 Å². The Labute approximate surface area is 142 Å². The van der Waals surface area contributed by atoms with Crippen LogP contribution in [0.5, 0.6) is 0 Å². The highest BCUT2D eigenvalue weighted by Gasteiger charge is 2.15. The molecule has 1 aromatic heterocycles. The summed E-state index contributed by atoms with van der Waals surface area (Å²) in [5.41, 5.74) is 0.348. The molecule has 3 aromatic rings. The van der Waals surface area contributed by atoms with E-state index in [4.69, 9.17) is 0 Å².